The second-order valence-corrected chi connectivity index (χ2v) is 5.41. The zero-order chi connectivity index (χ0) is 10.9. The Morgan fingerprint density at radius 1 is 1.31 bits per heavy atom. The van der Waals surface area contributed by atoms with E-state index in [1.54, 1.807) is 0 Å². The second kappa shape index (κ2) is 2.40. The van der Waals surface area contributed by atoms with Gasteiger partial charge < -0.3 is 5.32 Å². The highest BCUT2D eigenvalue weighted by atomic mass is 16.1. The number of hydrogen-bond donors (Lipinski definition) is 1. The average Bonchev–Trinajstić information content (AvgIpc) is 3.07. The predicted octanol–water partition coefficient (Wildman–Crippen LogP) is 2.16. The minimum Gasteiger partial charge on any atom is -0.347 e. The van der Waals surface area contributed by atoms with Crippen LogP contribution in [-0.4, -0.2) is 11.4 Å². The van der Waals surface area contributed by atoms with E-state index in [0.717, 1.165) is 30.4 Å². The molecule has 2 saturated carbocycles. The molecule has 4 rings (SSSR count). The summed E-state index contributed by atoms with van der Waals surface area (Å²) in [6, 6.07) is 0. The van der Waals surface area contributed by atoms with Crippen molar-refractivity contribution < 1.29 is 4.79 Å². The van der Waals surface area contributed by atoms with Gasteiger partial charge in [-0.1, -0.05) is 6.08 Å². The van der Waals surface area contributed by atoms with Crippen molar-refractivity contribution in [3.63, 3.8) is 0 Å². The van der Waals surface area contributed by atoms with Crippen LogP contribution in [-0.2, 0) is 4.79 Å². The number of fused-ring (bicyclic) bond motifs is 2. The molecular formula is C14H13NO. The van der Waals surface area contributed by atoms with Gasteiger partial charge in [-0.15, -0.1) is 0 Å². The van der Waals surface area contributed by atoms with Crippen molar-refractivity contribution in [3.8, 4) is 0 Å². The predicted molar refractivity (Wildman–Crippen MR) is 61.7 cm³/mol. The SMILES string of the molecule is CC1(NC(=O)C2=C3C=C4CC4=C3C=C2)CC1. The number of nitrogens with one attached hydrogen (secondary N) is 1. The summed E-state index contributed by atoms with van der Waals surface area (Å²) in [4.78, 5) is 12.1. The topological polar surface area (TPSA) is 29.1 Å². The van der Waals surface area contributed by atoms with Crippen LogP contribution >= 0.6 is 0 Å². The van der Waals surface area contributed by atoms with Crippen molar-refractivity contribution >= 4 is 5.91 Å². The summed E-state index contributed by atoms with van der Waals surface area (Å²) in [6.07, 6.45) is 9.58. The monoisotopic (exact) mass is 211 g/mol. The van der Waals surface area contributed by atoms with Gasteiger partial charge in [0.25, 0.3) is 5.91 Å². The second-order valence-electron chi connectivity index (χ2n) is 5.41. The first-order valence-electron chi connectivity index (χ1n) is 5.86. The fraction of sp³-hybridized carbons (Fsp3) is 0.357. The lowest BCUT2D eigenvalue weighted by Crippen LogP contribution is -2.35. The molecule has 4 aliphatic rings. The molecule has 80 valence electrons. The smallest absolute Gasteiger partial charge is 0.252 e. The lowest BCUT2D eigenvalue weighted by Gasteiger charge is -2.12. The minimum atomic E-state index is 0.0725. The van der Waals surface area contributed by atoms with E-state index in [0.29, 0.717) is 0 Å². The molecule has 1 amide bonds. The van der Waals surface area contributed by atoms with E-state index in [4.69, 9.17) is 0 Å². The molecule has 1 N–H and O–H groups in total. The van der Waals surface area contributed by atoms with Crippen LogP contribution in [0.5, 0.6) is 0 Å². The summed E-state index contributed by atoms with van der Waals surface area (Å²) < 4.78 is 0. The Hall–Kier alpha value is -1.57. The number of carbonyl (C=O) groups excluding carboxylic acids is 1. The van der Waals surface area contributed by atoms with Gasteiger partial charge in [-0.05, 0) is 60.6 Å². The van der Waals surface area contributed by atoms with Crippen LogP contribution < -0.4 is 5.32 Å². The molecule has 2 nitrogen and oxygen atoms in total. The zero-order valence-corrected chi connectivity index (χ0v) is 9.26. The molecule has 0 aromatic rings. The highest BCUT2D eigenvalue weighted by Crippen LogP contribution is 2.51. The molecule has 0 aromatic heterocycles. The summed E-state index contributed by atoms with van der Waals surface area (Å²) in [5.41, 5.74) is 6.25. The molecule has 0 saturated heterocycles. The number of hydrogen-bond acceptors (Lipinski definition) is 1. The number of amides is 1. The molecule has 0 aromatic carbocycles. The van der Waals surface area contributed by atoms with Crippen LogP contribution in [0, 0.1) is 0 Å². The number of rotatable bonds is 2. The van der Waals surface area contributed by atoms with Gasteiger partial charge in [-0.2, -0.15) is 0 Å². The molecule has 4 aliphatic carbocycles. The lowest BCUT2D eigenvalue weighted by atomic mass is 10.1. The molecule has 16 heavy (non-hydrogen) atoms. The largest absolute Gasteiger partial charge is 0.347 e. The Morgan fingerprint density at radius 2 is 2.12 bits per heavy atom. The van der Waals surface area contributed by atoms with E-state index in [9.17, 15) is 4.79 Å². The Kier molecular flexibility index (Phi) is 1.28. The van der Waals surface area contributed by atoms with Crippen LogP contribution in [0.1, 0.15) is 26.2 Å². The van der Waals surface area contributed by atoms with E-state index in [1.165, 1.54) is 16.7 Å². The Labute approximate surface area is 94.4 Å². The van der Waals surface area contributed by atoms with Crippen molar-refractivity contribution in [2.45, 2.75) is 31.7 Å². The zero-order valence-electron chi connectivity index (χ0n) is 9.26. The Morgan fingerprint density at radius 3 is 2.88 bits per heavy atom. The Balaban J connectivity index is 1.67. The van der Waals surface area contributed by atoms with Crippen LogP contribution in [0.15, 0.2) is 46.1 Å². The number of carbonyl (C=O) groups is 1. The third-order valence-electron chi connectivity index (χ3n) is 3.93. The first kappa shape index (κ1) is 8.57. The first-order chi connectivity index (χ1) is 7.66. The van der Waals surface area contributed by atoms with E-state index >= 15 is 0 Å². The van der Waals surface area contributed by atoms with Crippen LogP contribution in [0.4, 0.5) is 0 Å². The van der Waals surface area contributed by atoms with Gasteiger partial charge in [0.1, 0.15) is 0 Å². The standard InChI is InChI=1S/C14H13NO/c1-14(4-5-14)15-13(16)10-3-2-9-11-6-8(11)7-12(9)10/h2-3,7H,4-6H2,1H3,(H,15,16). The van der Waals surface area contributed by atoms with Gasteiger partial charge in [0.2, 0.25) is 0 Å². The van der Waals surface area contributed by atoms with E-state index in [-0.39, 0.29) is 11.4 Å². The lowest BCUT2D eigenvalue weighted by molar-refractivity contribution is -0.118. The van der Waals surface area contributed by atoms with Crippen LogP contribution in [0.3, 0.4) is 0 Å². The summed E-state index contributed by atoms with van der Waals surface area (Å²) in [7, 11) is 0. The molecular weight excluding hydrogens is 198 g/mol. The van der Waals surface area contributed by atoms with Gasteiger partial charge in [0.05, 0.1) is 0 Å². The minimum absolute atomic E-state index is 0.0725. The summed E-state index contributed by atoms with van der Waals surface area (Å²) in [6.45, 7) is 2.11. The molecule has 0 spiro atoms. The third-order valence-corrected chi connectivity index (χ3v) is 3.93. The third kappa shape index (κ3) is 1.04. The van der Waals surface area contributed by atoms with Gasteiger partial charge in [-0.25, -0.2) is 0 Å². The molecule has 0 unspecified atom stereocenters. The fourth-order valence-corrected chi connectivity index (χ4v) is 2.49. The summed E-state index contributed by atoms with van der Waals surface area (Å²) in [5, 5.41) is 3.11. The molecule has 0 radical (unpaired) electrons. The quantitative estimate of drug-likeness (QED) is 0.745. The molecule has 0 aliphatic heterocycles. The van der Waals surface area contributed by atoms with Crippen LogP contribution in [0.25, 0.3) is 0 Å². The highest BCUT2D eigenvalue weighted by Gasteiger charge is 2.41. The van der Waals surface area contributed by atoms with Gasteiger partial charge in [0.15, 0.2) is 0 Å². The molecule has 2 fully saturated rings. The molecule has 0 heterocycles. The Bertz CT molecular complexity index is 553. The summed E-state index contributed by atoms with van der Waals surface area (Å²) in [5.74, 6) is 0.0972. The van der Waals surface area contributed by atoms with Crippen molar-refractivity contribution in [2.75, 3.05) is 0 Å². The summed E-state index contributed by atoms with van der Waals surface area (Å²) >= 11 is 0. The maximum absolute atomic E-state index is 12.1. The van der Waals surface area contributed by atoms with Crippen molar-refractivity contribution in [3.05, 3.63) is 46.1 Å². The van der Waals surface area contributed by atoms with Gasteiger partial charge >= 0.3 is 0 Å². The van der Waals surface area contributed by atoms with Crippen molar-refractivity contribution in [1.82, 2.24) is 5.32 Å². The molecule has 0 bridgehead atoms. The van der Waals surface area contributed by atoms with Gasteiger partial charge in [0, 0.05) is 11.1 Å². The molecule has 2 heteroatoms. The number of allylic oxidation sites excluding steroid dienone is 6. The van der Waals surface area contributed by atoms with Crippen molar-refractivity contribution in [2.24, 2.45) is 0 Å². The van der Waals surface area contributed by atoms with Gasteiger partial charge in [-0.3, -0.25) is 4.79 Å². The normalized spacial score (nSPS) is 26.7. The van der Waals surface area contributed by atoms with E-state index < -0.39 is 0 Å². The maximum Gasteiger partial charge on any atom is 0.252 e. The van der Waals surface area contributed by atoms with Crippen molar-refractivity contribution in [1.29, 1.82) is 0 Å². The van der Waals surface area contributed by atoms with E-state index in [2.05, 4.69) is 24.4 Å². The average molecular weight is 211 g/mol. The van der Waals surface area contributed by atoms with E-state index in [1.807, 2.05) is 6.08 Å². The first-order valence-corrected chi connectivity index (χ1v) is 5.86. The highest BCUT2D eigenvalue weighted by molar-refractivity contribution is 6.02. The maximum atomic E-state index is 12.1. The fourth-order valence-electron chi connectivity index (χ4n) is 2.49. The molecule has 0 atom stereocenters. The van der Waals surface area contributed by atoms with Crippen LogP contribution in [0.2, 0.25) is 0 Å².